The van der Waals surface area contributed by atoms with Crippen LogP contribution in [-0.2, 0) is 21.6 Å². The number of hydrogen-bond acceptors (Lipinski definition) is 6. The Morgan fingerprint density at radius 2 is 1.46 bits per heavy atom. The largest absolute Gasteiger partial charge is 0.480 e. The molecule has 0 saturated carbocycles. The third kappa shape index (κ3) is 6.93. The summed E-state index contributed by atoms with van der Waals surface area (Å²) in [7, 11) is -4.63. The van der Waals surface area contributed by atoms with Crippen LogP contribution < -0.4 is 14.7 Å². The van der Waals surface area contributed by atoms with Crippen LogP contribution in [0.4, 0.5) is 0 Å². The lowest BCUT2D eigenvalue weighted by Gasteiger charge is -2.15. The van der Waals surface area contributed by atoms with E-state index in [1.54, 1.807) is 24.3 Å². The highest BCUT2D eigenvalue weighted by molar-refractivity contribution is 14.1. The molecule has 0 amide bonds. The number of nitrogens with two attached hydrogens (primary N) is 1. The van der Waals surface area contributed by atoms with Crippen LogP contribution in [0.3, 0.4) is 0 Å². The molecule has 13 heteroatoms. The minimum Gasteiger partial charge on any atom is -0.480 e. The number of carbonyl (C=O) groups is 1. The van der Waals surface area contributed by atoms with Crippen molar-refractivity contribution in [2.75, 3.05) is 0 Å². The highest BCUT2D eigenvalue weighted by atomic mass is 127. The van der Waals surface area contributed by atoms with Gasteiger partial charge in [-0.2, -0.15) is 8.42 Å². The standard InChI is InChI=1S/C15H11I4NO7S/c16-8-1-6(3-12(20)15(21)22)2-9(17)13(8)26-7-4-10(18)14(11(19)5-7)27-28(23,24)25/h1-2,4-5,12H,3,20H2,(H,21,22)(H,23,24,25)/t12-/m0/s1/i4+1,5+1,7+1,10+1,11+1,14+1. The van der Waals surface area contributed by atoms with E-state index in [2.05, 4.69) is 49.4 Å². The highest BCUT2D eigenvalue weighted by Crippen LogP contribution is 2.37. The lowest BCUT2D eigenvalue weighted by Crippen LogP contribution is -2.32. The fourth-order valence-corrected chi connectivity index (χ4v) is 6.80. The van der Waals surface area contributed by atoms with Gasteiger partial charge in [0.25, 0.3) is 0 Å². The molecule has 0 bridgehead atoms. The summed E-state index contributed by atoms with van der Waals surface area (Å²) in [6.45, 7) is 0. The van der Waals surface area contributed by atoms with E-state index in [9.17, 15) is 13.2 Å². The van der Waals surface area contributed by atoms with Gasteiger partial charge in [-0.25, -0.2) is 0 Å². The van der Waals surface area contributed by atoms with E-state index >= 15 is 0 Å². The Labute approximate surface area is 215 Å². The quantitative estimate of drug-likeness (QED) is 0.281. The van der Waals surface area contributed by atoms with Gasteiger partial charge in [0.2, 0.25) is 0 Å². The van der Waals surface area contributed by atoms with E-state index in [4.69, 9.17) is 20.1 Å². The molecule has 1 atom stereocenters. The first-order valence-electron chi connectivity index (χ1n) is 7.17. The van der Waals surface area contributed by atoms with Crippen LogP contribution in [-0.4, -0.2) is 30.1 Å². The van der Waals surface area contributed by atoms with Gasteiger partial charge in [0, 0.05) is 0 Å². The Morgan fingerprint density at radius 3 is 1.89 bits per heavy atom. The summed E-state index contributed by atoms with van der Waals surface area (Å²) in [5.41, 5.74) is 6.37. The number of hydrogen-bond donors (Lipinski definition) is 3. The number of aliphatic carboxylic acids is 1. The predicted octanol–water partition coefficient (Wildman–Crippen LogP) is 4.03. The number of ether oxygens (including phenoxy) is 1. The van der Waals surface area contributed by atoms with Crippen LogP contribution in [0.15, 0.2) is 24.3 Å². The van der Waals surface area contributed by atoms with Crippen LogP contribution in [0, 0.1) is 14.3 Å². The first kappa shape index (κ1) is 24.6. The Bertz CT molecular complexity index is 983. The third-order valence-electron chi connectivity index (χ3n) is 3.21. The molecule has 0 fully saturated rings. The minimum atomic E-state index is -4.63. The van der Waals surface area contributed by atoms with Gasteiger partial charge in [0.15, 0.2) is 11.5 Å². The maximum Gasteiger partial charge on any atom is 0.446 e. The van der Waals surface area contributed by atoms with Gasteiger partial charge in [-0.05, 0) is 127 Å². The first-order chi connectivity index (χ1) is 12.9. The molecule has 0 spiro atoms. The van der Waals surface area contributed by atoms with Crippen molar-refractivity contribution in [3.63, 3.8) is 0 Å². The molecule has 0 aromatic heterocycles. The van der Waals surface area contributed by atoms with Crippen molar-refractivity contribution >= 4 is 107 Å². The average Bonchev–Trinajstić information content (AvgIpc) is 2.53. The summed E-state index contributed by atoms with van der Waals surface area (Å²) in [5, 5.41) is 8.96. The smallest absolute Gasteiger partial charge is 0.446 e. The van der Waals surface area contributed by atoms with Crippen molar-refractivity contribution in [3.05, 3.63) is 44.1 Å². The molecule has 2 rings (SSSR count). The molecule has 0 heterocycles. The van der Waals surface area contributed by atoms with Crippen LogP contribution in [0.2, 0.25) is 0 Å². The Balaban J connectivity index is 2.32. The fraction of sp³-hybridized carbons (Fsp3) is 0.133. The lowest BCUT2D eigenvalue weighted by atomic mass is 10.1. The van der Waals surface area contributed by atoms with E-state index in [0.717, 1.165) is 12.7 Å². The minimum absolute atomic E-state index is 0.0125. The third-order valence-corrected chi connectivity index (χ3v) is 6.79. The van der Waals surface area contributed by atoms with Gasteiger partial charge < -0.3 is 19.8 Å². The number of benzene rings is 2. The van der Waals surface area contributed by atoms with Gasteiger partial charge >= 0.3 is 16.4 Å². The molecule has 0 radical (unpaired) electrons. The second-order valence-corrected chi connectivity index (χ2v) is 11.0. The zero-order valence-corrected chi connectivity index (χ0v) is 23.0. The van der Waals surface area contributed by atoms with Crippen molar-refractivity contribution in [1.82, 2.24) is 0 Å². The van der Waals surface area contributed by atoms with Gasteiger partial charge in [-0.15, -0.1) is 0 Å². The average molecular weight is 863 g/mol. The zero-order chi connectivity index (χ0) is 21.2. The highest BCUT2D eigenvalue weighted by Gasteiger charge is 2.19. The van der Waals surface area contributed by atoms with E-state index in [0.29, 0.717) is 18.6 Å². The van der Waals surface area contributed by atoms with E-state index in [-0.39, 0.29) is 12.2 Å². The van der Waals surface area contributed by atoms with Crippen molar-refractivity contribution in [2.24, 2.45) is 5.73 Å². The number of halogens is 4. The molecule has 28 heavy (non-hydrogen) atoms. The molecule has 0 aliphatic rings. The normalized spacial score (nSPS) is 12.5. The summed E-state index contributed by atoms with van der Waals surface area (Å²) in [6.07, 6.45) is 0.194. The molecule has 2 aromatic carbocycles. The molecule has 2 aromatic rings. The van der Waals surface area contributed by atoms with Crippen LogP contribution in [0.5, 0.6) is 17.2 Å². The van der Waals surface area contributed by atoms with Gasteiger partial charge in [-0.3, -0.25) is 9.35 Å². The van der Waals surface area contributed by atoms with Crippen LogP contribution >= 0.6 is 90.4 Å². The van der Waals surface area contributed by atoms with Crippen LogP contribution in [0.1, 0.15) is 5.56 Å². The van der Waals surface area contributed by atoms with Gasteiger partial charge in [-0.1, -0.05) is 0 Å². The first-order valence-corrected chi connectivity index (χ1v) is 12.9. The van der Waals surface area contributed by atoms with Crippen molar-refractivity contribution in [2.45, 2.75) is 12.5 Å². The molecule has 152 valence electrons. The number of rotatable bonds is 7. The van der Waals surface area contributed by atoms with Gasteiger partial charge in [0.05, 0.1) is 14.3 Å². The number of carboxylic acids is 1. The molecule has 0 aliphatic heterocycles. The fourth-order valence-electron chi connectivity index (χ4n) is 2.07. The second-order valence-electron chi connectivity index (χ2n) is 5.37. The van der Waals surface area contributed by atoms with E-state index in [1.165, 1.54) is 0 Å². The second kappa shape index (κ2) is 10.1. The SMILES string of the molecule is N[C@@H](Cc1cc(I)c(O[13c]2[13cH][13c](I)[13c](OS(=O)(=O)O)[13c](I)[13cH]2)c(I)c1)C(=O)O. The van der Waals surface area contributed by atoms with Crippen molar-refractivity contribution in [1.29, 1.82) is 0 Å². The Hall–Kier alpha value is 0.300. The zero-order valence-electron chi connectivity index (χ0n) is 13.5. The Kier molecular flexibility index (Phi) is 8.84. The molecular weight excluding hydrogens is 852 g/mol. The summed E-state index contributed by atoms with van der Waals surface area (Å²) < 4.78 is 43.8. The summed E-state index contributed by atoms with van der Waals surface area (Å²) in [4.78, 5) is 10.9. The summed E-state index contributed by atoms with van der Waals surface area (Å²) in [5.74, 6) is -0.0358. The predicted molar refractivity (Wildman–Crippen MR) is 135 cm³/mol. The topological polar surface area (TPSA) is 136 Å². The maximum atomic E-state index is 11.0. The van der Waals surface area contributed by atoms with Gasteiger partial charge in [0.1, 0.15) is 11.8 Å². The van der Waals surface area contributed by atoms with E-state index < -0.39 is 22.4 Å². The molecule has 0 unspecified atom stereocenters. The molecule has 8 nitrogen and oxygen atoms in total. The lowest BCUT2D eigenvalue weighted by molar-refractivity contribution is -0.138. The Morgan fingerprint density at radius 1 is 1.00 bits per heavy atom. The molecular formula is C15H11I4NO7S. The van der Waals surface area contributed by atoms with Crippen molar-refractivity contribution in [3.8, 4) is 17.2 Å². The maximum absolute atomic E-state index is 11.0. The number of carboxylic acid groups (broad SMARTS) is 1. The summed E-state index contributed by atoms with van der Waals surface area (Å²) >= 11 is 7.93. The summed E-state index contributed by atoms with van der Waals surface area (Å²) in [6, 6.07) is 5.75. The van der Waals surface area contributed by atoms with Crippen molar-refractivity contribution < 1.29 is 31.8 Å². The molecule has 0 saturated heterocycles. The van der Waals surface area contributed by atoms with Crippen LogP contribution in [0.25, 0.3) is 0 Å². The molecule has 4 N–H and O–H groups in total. The molecule has 0 aliphatic carbocycles. The monoisotopic (exact) mass is 863 g/mol. The van der Waals surface area contributed by atoms with E-state index in [1.807, 2.05) is 45.2 Å².